The van der Waals surface area contributed by atoms with Crippen LogP contribution in [0.1, 0.15) is 65.7 Å². The summed E-state index contributed by atoms with van der Waals surface area (Å²) in [6.45, 7) is 5.79. The van der Waals surface area contributed by atoms with Crippen LogP contribution in [0.4, 0.5) is 4.39 Å². The summed E-state index contributed by atoms with van der Waals surface area (Å²) in [5, 5.41) is 21.9. The minimum Gasteiger partial charge on any atom is -0.390 e. The summed E-state index contributed by atoms with van der Waals surface area (Å²) < 4.78 is 16.6. The maximum atomic E-state index is 16.6. The number of aliphatic hydroxyl groups excluding tert-OH is 1. The van der Waals surface area contributed by atoms with E-state index in [4.69, 9.17) is 0 Å². The second kappa shape index (κ2) is 4.70. The normalized spacial score (nSPS) is 57.0. The van der Waals surface area contributed by atoms with Gasteiger partial charge in [-0.05, 0) is 57.4 Å². The Balaban J connectivity index is 1.82. The number of fused-ring (bicyclic) bond motifs is 5. The first-order valence-electron chi connectivity index (χ1n) is 9.39. The van der Waals surface area contributed by atoms with Crippen molar-refractivity contribution in [3.05, 3.63) is 11.6 Å². The second-order valence-electron chi connectivity index (χ2n) is 9.44. The smallest absolute Gasteiger partial charge is 0.155 e. The topological polar surface area (TPSA) is 57.5 Å². The lowest BCUT2D eigenvalue weighted by Gasteiger charge is -2.63. The molecule has 2 N–H and O–H groups in total. The van der Waals surface area contributed by atoms with E-state index in [9.17, 15) is 15.0 Å². The van der Waals surface area contributed by atoms with E-state index in [1.807, 2.05) is 20.8 Å². The zero-order valence-electron chi connectivity index (χ0n) is 14.9. The summed E-state index contributed by atoms with van der Waals surface area (Å²) in [4.78, 5) is 11.8. The quantitative estimate of drug-likeness (QED) is 0.713. The molecule has 24 heavy (non-hydrogen) atoms. The fourth-order valence-corrected chi connectivity index (χ4v) is 6.79. The molecule has 0 amide bonds. The summed E-state index contributed by atoms with van der Waals surface area (Å²) in [5.74, 6) is -0.0593. The van der Waals surface area contributed by atoms with Crippen molar-refractivity contribution in [3.63, 3.8) is 0 Å². The highest BCUT2D eigenvalue weighted by atomic mass is 19.1. The van der Waals surface area contributed by atoms with Crippen LogP contribution in [0, 0.1) is 22.7 Å². The maximum Gasteiger partial charge on any atom is 0.155 e. The Morgan fingerprint density at radius 1 is 1.12 bits per heavy atom. The van der Waals surface area contributed by atoms with Crippen LogP contribution in [-0.2, 0) is 4.79 Å². The largest absolute Gasteiger partial charge is 0.390 e. The van der Waals surface area contributed by atoms with Crippen LogP contribution < -0.4 is 0 Å². The predicted molar refractivity (Wildman–Crippen MR) is 89.1 cm³/mol. The van der Waals surface area contributed by atoms with E-state index in [0.717, 1.165) is 18.4 Å². The SMILES string of the molecule is CC12CCC(=O)C=C1CCC1C3CC[C@](C)(O)C3(C)C[C@H](O)C12F. The molecule has 3 saturated carbocycles. The zero-order valence-corrected chi connectivity index (χ0v) is 14.9. The highest BCUT2D eigenvalue weighted by Crippen LogP contribution is 2.70. The number of aliphatic hydroxyl groups is 2. The van der Waals surface area contributed by atoms with Gasteiger partial charge in [0, 0.05) is 23.2 Å². The number of halogens is 1. The first-order chi connectivity index (χ1) is 11.1. The zero-order chi connectivity index (χ0) is 17.5. The molecule has 0 aliphatic heterocycles. The Kier molecular flexibility index (Phi) is 3.27. The van der Waals surface area contributed by atoms with Crippen LogP contribution in [0.25, 0.3) is 0 Å². The predicted octanol–water partition coefficient (Wildman–Crippen LogP) is 3.33. The van der Waals surface area contributed by atoms with Crippen molar-refractivity contribution >= 4 is 5.78 Å². The van der Waals surface area contributed by atoms with E-state index < -0.39 is 28.2 Å². The van der Waals surface area contributed by atoms with Gasteiger partial charge in [-0.25, -0.2) is 4.39 Å². The molecular formula is C20H29FO3. The molecule has 0 bridgehead atoms. The van der Waals surface area contributed by atoms with Crippen LogP contribution in [0.2, 0.25) is 0 Å². The van der Waals surface area contributed by atoms with Gasteiger partial charge < -0.3 is 10.2 Å². The second-order valence-corrected chi connectivity index (χ2v) is 9.44. The number of ketones is 1. The van der Waals surface area contributed by atoms with Crippen molar-refractivity contribution in [1.29, 1.82) is 0 Å². The van der Waals surface area contributed by atoms with Gasteiger partial charge in [0.25, 0.3) is 0 Å². The molecule has 0 aromatic rings. The van der Waals surface area contributed by atoms with Gasteiger partial charge in [0.05, 0.1) is 11.7 Å². The van der Waals surface area contributed by atoms with Crippen LogP contribution in [0.5, 0.6) is 0 Å². The number of rotatable bonds is 0. The Bertz CT molecular complexity index is 626. The van der Waals surface area contributed by atoms with Gasteiger partial charge in [0.1, 0.15) is 5.67 Å². The van der Waals surface area contributed by atoms with E-state index in [2.05, 4.69) is 0 Å². The fraction of sp³-hybridized carbons (Fsp3) is 0.850. The van der Waals surface area contributed by atoms with Crippen LogP contribution in [0.3, 0.4) is 0 Å². The molecule has 3 fully saturated rings. The standard InChI is InChI=1S/C20H29FO3/c1-17-8-6-13(22)10-12(17)4-5-15-14-7-9-19(3,24)18(14,2)11-16(23)20(15,17)21/h10,14-16,23-24H,4-9,11H2,1-3H3/t14?,15?,16-,17?,18?,19-,20?/m0/s1. The highest BCUT2D eigenvalue weighted by Gasteiger charge is 2.72. The van der Waals surface area contributed by atoms with Crippen LogP contribution in [0.15, 0.2) is 11.6 Å². The molecule has 4 heteroatoms. The molecule has 3 nitrogen and oxygen atoms in total. The molecule has 5 unspecified atom stereocenters. The average Bonchev–Trinajstić information content (AvgIpc) is 2.72. The van der Waals surface area contributed by atoms with E-state index in [-0.39, 0.29) is 17.6 Å². The molecule has 134 valence electrons. The summed E-state index contributed by atoms with van der Waals surface area (Å²) in [7, 11) is 0. The first kappa shape index (κ1) is 16.7. The fourth-order valence-electron chi connectivity index (χ4n) is 6.79. The Morgan fingerprint density at radius 2 is 1.83 bits per heavy atom. The minimum atomic E-state index is -1.69. The molecule has 0 aromatic carbocycles. The summed E-state index contributed by atoms with van der Waals surface area (Å²) in [6.07, 6.45) is 4.60. The number of allylic oxidation sites excluding steroid dienone is 1. The third kappa shape index (κ3) is 1.72. The molecule has 4 aliphatic rings. The van der Waals surface area contributed by atoms with Gasteiger partial charge in [-0.2, -0.15) is 0 Å². The highest BCUT2D eigenvalue weighted by molar-refractivity contribution is 5.91. The van der Waals surface area contributed by atoms with Gasteiger partial charge in [-0.3, -0.25) is 4.79 Å². The van der Waals surface area contributed by atoms with Crippen molar-refractivity contribution in [1.82, 2.24) is 0 Å². The Morgan fingerprint density at radius 3 is 2.54 bits per heavy atom. The average molecular weight is 336 g/mol. The van der Waals surface area contributed by atoms with Crippen molar-refractivity contribution < 1.29 is 19.4 Å². The van der Waals surface area contributed by atoms with E-state index >= 15 is 4.39 Å². The van der Waals surface area contributed by atoms with E-state index in [1.54, 1.807) is 6.08 Å². The third-order valence-electron chi connectivity index (χ3n) is 8.60. The van der Waals surface area contributed by atoms with E-state index in [1.165, 1.54) is 0 Å². The number of hydrogen-bond acceptors (Lipinski definition) is 3. The number of alkyl halides is 1. The molecule has 0 saturated heterocycles. The van der Waals surface area contributed by atoms with Gasteiger partial charge in [-0.1, -0.05) is 19.4 Å². The van der Waals surface area contributed by atoms with Crippen molar-refractivity contribution in [2.75, 3.05) is 0 Å². The van der Waals surface area contributed by atoms with Gasteiger partial charge >= 0.3 is 0 Å². The molecule has 0 spiro atoms. The third-order valence-corrected chi connectivity index (χ3v) is 8.60. The molecule has 0 radical (unpaired) electrons. The molecule has 0 heterocycles. The maximum absolute atomic E-state index is 16.6. The van der Waals surface area contributed by atoms with Gasteiger partial charge in [0.2, 0.25) is 0 Å². The van der Waals surface area contributed by atoms with Crippen molar-refractivity contribution in [2.45, 2.75) is 83.1 Å². The van der Waals surface area contributed by atoms with Crippen LogP contribution in [-0.4, -0.2) is 33.4 Å². The first-order valence-corrected chi connectivity index (χ1v) is 9.39. The van der Waals surface area contributed by atoms with Gasteiger partial charge in [0.15, 0.2) is 5.78 Å². The molecule has 0 aromatic heterocycles. The summed E-state index contributed by atoms with van der Waals surface area (Å²) in [5.41, 5.74) is -2.83. The van der Waals surface area contributed by atoms with E-state index in [0.29, 0.717) is 32.1 Å². The lowest BCUT2D eigenvalue weighted by atomic mass is 9.44. The molecule has 7 atom stereocenters. The minimum absolute atomic E-state index is 0.0865. The molecule has 4 rings (SSSR count). The summed E-state index contributed by atoms with van der Waals surface area (Å²) in [6, 6.07) is 0. The lowest BCUT2D eigenvalue weighted by Crippen LogP contribution is -2.68. The Labute approximate surface area is 143 Å². The van der Waals surface area contributed by atoms with Crippen molar-refractivity contribution in [3.8, 4) is 0 Å². The number of carbonyl (C=O) groups is 1. The van der Waals surface area contributed by atoms with Crippen LogP contribution >= 0.6 is 0 Å². The number of hydrogen-bond donors (Lipinski definition) is 2. The summed E-state index contributed by atoms with van der Waals surface area (Å²) >= 11 is 0. The molecular weight excluding hydrogens is 307 g/mol. The lowest BCUT2D eigenvalue weighted by molar-refractivity contribution is -0.225. The van der Waals surface area contributed by atoms with Crippen molar-refractivity contribution in [2.24, 2.45) is 22.7 Å². The number of carbonyl (C=O) groups excluding carboxylic acids is 1. The molecule has 4 aliphatic carbocycles. The Hall–Kier alpha value is -0.740. The monoisotopic (exact) mass is 336 g/mol. The van der Waals surface area contributed by atoms with Gasteiger partial charge in [-0.15, -0.1) is 0 Å².